The minimum atomic E-state index is 0.708. The molecule has 0 atom stereocenters. The van der Waals surface area contributed by atoms with Gasteiger partial charge in [0.05, 0.1) is 11.1 Å². The van der Waals surface area contributed by atoms with E-state index in [4.69, 9.17) is 5.26 Å². The van der Waals surface area contributed by atoms with E-state index < -0.39 is 0 Å². The number of hydrogen-bond donors (Lipinski definition) is 0. The van der Waals surface area contributed by atoms with E-state index >= 15 is 0 Å². The molecule has 0 saturated heterocycles. The molecular weight excluding hydrogens is 196 g/mol. The zero-order chi connectivity index (χ0) is 11.5. The van der Waals surface area contributed by atoms with Crippen LogP contribution in [0.5, 0.6) is 0 Å². The Balaban J connectivity index is 2.77. The summed E-state index contributed by atoms with van der Waals surface area (Å²) in [5, 5.41) is 10.2. The normalized spacial score (nSPS) is 10.3. The summed E-state index contributed by atoms with van der Waals surface area (Å²) in [7, 11) is 0. The van der Waals surface area contributed by atoms with E-state index in [1.807, 2.05) is 6.07 Å². The van der Waals surface area contributed by atoms with Gasteiger partial charge >= 0.3 is 0 Å². The fourth-order valence-electron chi connectivity index (χ4n) is 1.98. The third-order valence-electron chi connectivity index (χ3n) is 2.76. The van der Waals surface area contributed by atoms with Crippen LogP contribution in [-0.2, 0) is 6.42 Å². The third-order valence-corrected chi connectivity index (χ3v) is 2.76. The van der Waals surface area contributed by atoms with E-state index in [-0.39, 0.29) is 0 Å². The highest BCUT2D eigenvalue weighted by Gasteiger charge is 2.07. The van der Waals surface area contributed by atoms with Crippen LogP contribution in [0.3, 0.4) is 0 Å². The second-order valence-corrected chi connectivity index (χ2v) is 4.03. The highest BCUT2D eigenvalue weighted by Crippen LogP contribution is 2.22. The van der Waals surface area contributed by atoms with Gasteiger partial charge < -0.3 is 0 Å². The first kappa shape index (κ1) is 10.6. The molecule has 0 amide bonds. The van der Waals surface area contributed by atoms with Crippen LogP contribution in [0.1, 0.15) is 30.0 Å². The molecule has 0 aliphatic heterocycles. The molecule has 0 spiro atoms. The second kappa shape index (κ2) is 4.32. The van der Waals surface area contributed by atoms with Crippen molar-refractivity contribution in [3.63, 3.8) is 0 Å². The number of nitrogens with zero attached hydrogens (tertiary/aromatic N) is 2. The Morgan fingerprint density at radius 3 is 2.88 bits per heavy atom. The summed E-state index contributed by atoms with van der Waals surface area (Å²) in [5.74, 6) is 0. The summed E-state index contributed by atoms with van der Waals surface area (Å²) in [6.07, 6.45) is 3.66. The van der Waals surface area contributed by atoms with Crippen molar-refractivity contribution in [3.8, 4) is 6.07 Å². The smallest absolute Gasteiger partial charge is 0.101 e. The maximum Gasteiger partial charge on any atom is 0.101 e. The molecule has 0 aliphatic rings. The molecule has 0 bridgehead atoms. The van der Waals surface area contributed by atoms with Gasteiger partial charge in [0.2, 0.25) is 0 Å². The molecular formula is C14H14N2. The molecule has 1 aromatic heterocycles. The standard InChI is InChI=1S/C14H14N2/c1-3-4-12-11(8-15)9-16-14-6-5-10(2)7-13(12)14/h5-7,9H,3-4H2,1-2H3. The Morgan fingerprint density at radius 1 is 1.38 bits per heavy atom. The zero-order valence-electron chi connectivity index (χ0n) is 9.62. The lowest BCUT2D eigenvalue weighted by Gasteiger charge is -2.07. The first-order valence-corrected chi connectivity index (χ1v) is 5.54. The molecule has 2 rings (SSSR count). The maximum absolute atomic E-state index is 9.08. The van der Waals surface area contributed by atoms with Crippen LogP contribution in [-0.4, -0.2) is 4.98 Å². The van der Waals surface area contributed by atoms with Gasteiger partial charge in [-0.2, -0.15) is 5.26 Å². The quantitative estimate of drug-likeness (QED) is 0.762. The highest BCUT2D eigenvalue weighted by atomic mass is 14.7. The molecule has 2 nitrogen and oxygen atoms in total. The SMILES string of the molecule is CCCc1c(C#N)cnc2ccc(C)cc12. The first-order valence-electron chi connectivity index (χ1n) is 5.54. The fraction of sp³-hybridized carbons (Fsp3) is 0.286. The van der Waals surface area contributed by atoms with Crippen molar-refractivity contribution < 1.29 is 0 Å². The molecule has 0 fully saturated rings. The minimum absolute atomic E-state index is 0.708. The van der Waals surface area contributed by atoms with Gasteiger partial charge in [-0.25, -0.2) is 0 Å². The predicted molar refractivity (Wildman–Crippen MR) is 65.2 cm³/mol. The van der Waals surface area contributed by atoms with Crippen LogP contribution >= 0.6 is 0 Å². The third kappa shape index (κ3) is 1.77. The lowest BCUT2D eigenvalue weighted by Crippen LogP contribution is -1.94. The van der Waals surface area contributed by atoms with Crippen LogP contribution < -0.4 is 0 Å². The maximum atomic E-state index is 9.08. The van der Waals surface area contributed by atoms with Crippen molar-refractivity contribution in [3.05, 3.63) is 41.1 Å². The van der Waals surface area contributed by atoms with Gasteiger partial charge in [-0.3, -0.25) is 4.98 Å². The van der Waals surface area contributed by atoms with Crippen molar-refractivity contribution in [1.82, 2.24) is 4.98 Å². The van der Waals surface area contributed by atoms with Crippen LogP contribution in [0.15, 0.2) is 24.4 Å². The molecule has 0 saturated carbocycles. The van der Waals surface area contributed by atoms with Gasteiger partial charge in [-0.15, -0.1) is 0 Å². The zero-order valence-corrected chi connectivity index (χ0v) is 9.62. The number of nitriles is 1. The molecule has 2 aromatic rings. The molecule has 0 radical (unpaired) electrons. The summed E-state index contributed by atoms with van der Waals surface area (Å²) >= 11 is 0. The van der Waals surface area contributed by atoms with E-state index in [1.165, 1.54) is 5.56 Å². The number of aryl methyl sites for hydroxylation is 2. The predicted octanol–water partition coefficient (Wildman–Crippen LogP) is 3.37. The number of benzene rings is 1. The summed E-state index contributed by atoms with van der Waals surface area (Å²) in [4.78, 5) is 4.31. The van der Waals surface area contributed by atoms with E-state index in [0.29, 0.717) is 5.56 Å². The number of fused-ring (bicyclic) bond motifs is 1. The fourth-order valence-corrected chi connectivity index (χ4v) is 1.98. The molecule has 1 aromatic carbocycles. The van der Waals surface area contributed by atoms with E-state index in [9.17, 15) is 0 Å². The van der Waals surface area contributed by atoms with Crippen molar-refractivity contribution in [1.29, 1.82) is 5.26 Å². The van der Waals surface area contributed by atoms with Gasteiger partial charge in [-0.05, 0) is 31.0 Å². The van der Waals surface area contributed by atoms with Crippen LogP contribution in [0.25, 0.3) is 10.9 Å². The Hall–Kier alpha value is -1.88. The summed E-state index contributed by atoms with van der Waals surface area (Å²) in [5.41, 5.74) is 4.04. The van der Waals surface area contributed by atoms with Crippen molar-refractivity contribution in [2.75, 3.05) is 0 Å². The number of pyridine rings is 1. The Bertz CT molecular complexity index is 565. The van der Waals surface area contributed by atoms with E-state index in [2.05, 4.69) is 37.0 Å². The molecule has 16 heavy (non-hydrogen) atoms. The van der Waals surface area contributed by atoms with Crippen LogP contribution in [0.4, 0.5) is 0 Å². The lowest BCUT2D eigenvalue weighted by molar-refractivity contribution is 0.924. The summed E-state index contributed by atoms with van der Waals surface area (Å²) in [6.45, 7) is 4.19. The molecule has 2 heteroatoms. The van der Waals surface area contributed by atoms with Gasteiger partial charge in [0.1, 0.15) is 6.07 Å². The minimum Gasteiger partial charge on any atom is -0.255 e. The largest absolute Gasteiger partial charge is 0.255 e. The van der Waals surface area contributed by atoms with Gasteiger partial charge in [-0.1, -0.05) is 25.0 Å². The Labute approximate surface area is 95.6 Å². The van der Waals surface area contributed by atoms with Crippen molar-refractivity contribution >= 4 is 10.9 Å². The Morgan fingerprint density at radius 2 is 2.19 bits per heavy atom. The van der Waals surface area contributed by atoms with E-state index in [0.717, 1.165) is 29.3 Å². The second-order valence-electron chi connectivity index (χ2n) is 4.03. The van der Waals surface area contributed by atoms with Gasteiger partial charge in [0.15, 0.2) is 0 Å². The van der Waals surface area contributed by atoms with Crippen molar-refractivity contribution in [2.45, 2.75) is 26.7 Å². The Kier molecular flexibility index (Phi) is 2.87. The van der Waals surface area contributed by atoms with Crippen molar-refractivity contribution in [2.24, 2.45) is 0 Å². The molecule has 0 aliphatic carbocycles. The topological polar surface area (TPSA) is 36.7 Å². The number of aromatic nitrogens is 1. The highest BCUT2D eigenvalue weighted by molar-refractivity contribution is 5.84. The van der Waals surface area contributed by atoms with Crippen LogP contribution in [0.2, 0.25) is 0 Å². The lowest BCUT2D eigenvalue weighted by atomic mass is 9.99. The summed E-state index contributed by atoms with van der Waals surface area (Å²) in [6, 6.07) is 8.42. The first-order chi connectivity index (χ1) is 7.76. The molecule has 1 heterocycles. The molecule has 0 unspecified atom stereocenters. The van der Waals surface area contributed by atoms with E-state index in [1.54, 1.807) is 6.20 Å². The summed E-state index contributed by atoms with van der Waals surface area (Å²) < 4.78 is 0. The average Bonchev–Trinajstić information content (AvgIpc) is 2.30. The molecule has 80 valence electrons. The monoisotopic (exact) mass is 210 g/mol. The van der Waals surface area contributed by atoms with Crippen LogP contribution in [0, 0.1) is 18.3 Å². The van der Waals surface area contributed by atoms with Gasteiger partial charge in [0.25, 0.3) is 0 Å². The average molecular weight is 210 g/mol. The number of hydrogen-bond acceptors (Lipinski definition) is 2. The molecule has 0 N–H and O–H groups in total. The van der Waals surface area contributed by atoms with Gasteiger partial charge in [0, 0.05) is 11.6 Å². The number of rotatable bonds is 2.